The summed E-state index contributed by atoms with van der Waals surface area (Å²) in [5, 5.41) is 0. The van der Waals surface area contributed by atoms with Crippen LogP contribution in [0.1, 0.15) is 25.0 Å². The zero-order valence-electron chi connectivity index (χ0n) is 14.3. The van der Waals surface area contributed by atoms with Gasteiger partial charge in [-0.25, -0.2) is 4.98 Å². The van der Waals surface area contributed by atoms with Crippen LogP contribution >= 0.6 is 11.3 Å². The number of benzene rings is 2. The van der Waals surface area contributed by atoms with Crippen molar-refractivity contribution in [3.63, 3.8) is 0 Å². The van der Waals surface area contributed by atoms with Crippen LogP contribution in [0.4, 0.5) is 0 Å². The lowest BCUT2D eigenvalue weighted by atomic mass is 10.1. The summed E-state index contributed by atoms with van der Waals surface area (Å²) >= 11 is 1.74. The van der Waals surface area contributed by atoms with Gasteiger partial charge >= 0.3 is 0 Å². The van der Waals surface area contributed by atoms with Gasteiger partial charge in [-0.1, -0.05) is 17.4 Å². The van der Waals surface area contributed by atoms with Crippen molar-refractivity contribution in [3.8, 4) is 17.0 Å². The predicted octanol–water partition coefficient (Wildman–Crippen LogP) is 5.62. The lowest BCUT2D eigenvalue weighted by molar-refractivity contribution is 0.242. The van der Waals surface area contributed by atoms with Gasteiger partial charge in [-0.15, -0.1) is 0 Å². The molecular weight excluding hydrogens is 316 g/mol. The minimum Gasteiger partial charge on any atom is -0.491 e. The van der Waals surface area contributed by atoms with Crippen molar-refractivity contribution in [2.75, 3.05) is 0 Å². The smallest absolute Gasteiger partial charge is 0.195 e. The molecule has 2 heterocycles. The molecule has 4 aromatic rings. The number of fused-ring (bicyclic) bond motifs is 3. The molecule has 0 fully saturated rings. The van der Waals surface area contributed by atoms with E-state index in [1.54, 1.807) is 11.3 Å². The van der Waals surface area contributed by atoms with Crippen LogP contribution in [0.2, 0.25) is 0 Å². The van der Waals surface area contributed by atoms with Gasteiger partial charge in [0, 0.05) is 11.8 Å². The largest absolute Gasteiger partial charge is 0.491 e. The number of rotatable bonds is 3. The molecule has 0 amide bonds. The fraction of sp³-hybridized carbons (Fsp3) is 0.250. The maximum Gasteiger partial charge on any atom is 0.195 e. The Balaban J connectivity index is 1.79. The number of hydrogen-bond acceptors (Lipinski definition) is 3. The molecule has 3 nitrogen and oxygen atoms in total. The van der Waals surface area contributed by atoms with E-state index in [1.165, 1.54) is 21.3 Å². The Morgan fingerprint density at radius 3 is 2.50 bits per heavy atom. The second-order valence-electron chi connectivity index (χ2n) is 6.43. The second kappa shape index (κ2) is 5.64. The average Bonchev–Trinajstić information content (AvgIpc) is 3.09. The Bertz CT molecular complexity index is 1030. The highest BCUT2D eigenvalue weighted by molar-refractivity contribution is 7.23. The van der Waals surface area contributed by atoms with Crippen LogP contribution in [-0.4, -0.2) is 15.5 Å². The molecule has 4 heteroatoms. The van der Waals surface area contributed by atoms with E-state index in [0.29, 0.717) is 0 Å². The molecule has 0 aliphatic carbocycles. The third-order valence-electron chi connectivity index (χ3n) is 4.30. The first-order chi connectivity index (χ1) is 11.5. The SMILES string of the molecule is Cc1ccc2sc3nc(-c4ccc(OC(C)C)cc4)cn3c2c1C. The Labute approximate surface area is 145 Å². The van der Waals surface area contributed by atoms with Crippen LogP contribution in [0.25, 0.3) is 26.4 Å². The molecule has 0 aliphatic heterocycles. The first-order valence-corrected chi connectivity index (χ1v) is 8.99. The minimum atomic E-state index is 0.186. The van der Waals surface area contributed by atoms with Gasteiger partial charge in [0.15, 0.2) is 4.96 Å². The lowest BCUT2D eigenvalue weighted by Gasteiger charge is -2.09. The zero-order valence-corrected chi connectivity index (χ0v) is 15.1. The Morgan fingerprint density at radius 1 is 1.04 bits per heavy atom. The van der Waals surface area contributed by atoms with Crippen molar-refractivity contribution in [3.05, 3.63) is 53.7 Å². The van der Waals surface area contributed by atoms with E-state index in [0.717, 1.165) is 22.0 Å². The quantitative estimate of drug-likeness (QED) is 0.485. The zero-order chi connectivity index (χ0) is 16.8. The van der Waals surface area contributed by atoms with Crippen LogP contribution in [-0.2, 0) is 0 Å². The van der Waals surface area contributed by atoms with E-state index in [4.69, 9.17) is 9.72 Å². The van der Waals surface area contributed by atoms with Crippen LogP contribution in [0.3, 0.4) is 0 Å². The van der Waals surface area contributed by atoms with E-state index in [-0.39, 0.29) is 6.10 Å². The maximum absolute atomic E-state index is 5.71. The minimum absolute atomic E-state index is 0.186. The van der Waals surface area contributed by atoms with E-state index in [2.05, 4.69) is 48.7 Å². The van der Waals surface area contributed by atoms with Gasteiger partial charge in [0.1, 0.15) is 5.75 Å². The van der Waals surface area contributed by atoms with Crippen molar-refractivity contribution in [1.29, 1.82) is 0 Å². The fourth-order valence-electron chi connectivity index (χ4n) is 2.97. The van der Waals surface area contributed by atoms with Crippen LogP contribution in [0.15, 0.2) is 42.6 Å². The molecular formula is C20H20N2OS. The number of ether oxygens (including phenoxy) is 1. The highest BCUT2D eigenvalue weighted by Crippen LogP contribution is 2.32. The summed E-state index contributed by atoms with van der Waals surface area (Å²) in [7, 11) is 0. The van der Waals surface area contributed by atoms with Crippen LogP contribution in [0, 0.1) is 13.8 Å². The number of thiazole rings is 1. The molecule has 2 aromatic heterocycles. The topological polar surface area (TPSA) is 26.5 Å². The number of aromatic nitrogens is 2. The highest BCUT2D eigenvalue weighted by Gasteiger charge is 2.13. The Hall–Kier alpha value is -2.33. The third kappa shape index (κ3) is 2.47. The monoisotopic (exact) mass is 336 g/mol. The van der Waals surface area contributed by atoms with Crippen molar-refractivity contribution < 1.29 is 4.74 Å². The number of imidazole rings is 1. The van der Waals surface area contributed by atoms with Crippen molar-refractivity contribution >= 4 is 26.5 Å². The Morgan fingerprint density at radius 2 is 1.79 bits per heavy atom. The van der Waals surface area contributed by atoms with Gasteiger partial charge in [-0.2, -0.15) is 0 Å². The predicted molar refractivity (Wildman–Crippen MR) is 101 cm³/mol. The first kappa shape index (κ1) is 15.2. The Kier molecular flexibility index (Phi) is 3.57. The summed E-state index contributed by atoms with van der Waals surface area (Å²) in [5.74, 6) is 0.895. The summed E-state index contributed by atoms with van der Waals surface area (Å²) in [6.45, 7) is 8.41. The van der Waals surface area contributed by atoms with E-state index >= 15 is 0 Å². The first-order valence-electron chi connectivity index (χ1n) is 8.18. The molecule has 122 valence electrons. The third-order valence-corrected chi connectivity index (χ3v) is 5.32. The van der Waals surface area contributed by atoms with E-state index < -0.39 is 0 Å². The molecule has 0 saturated carbocycles. The summed E-state index contributed by atoms with van der Waals surface area (Å²) in [4.78, 5) is 5.86. The summed E-state index contributed by atoms with van der Waals surface area (Å²) < 4.78 is 9.22. The molecule has 0 bridgehead atoms. The number of nitrogens with zero attached hydrogens (tertiary/aromatic N) is 2. The molecule has 24 heavy (non-hydrogen) atoms. The summed E-state index contributed by atoms with van der Waals surface area (Å²) in [5.41, 5.74) is 6.02. The van der Waals surface area contributed by atoms with E-state index in [1.807, 2.05) is 26.0 Å². The van der Waals surface area contributed by atoms with Crippen molar-refractivity contribution in [2.45, 2.75) is 33.8 Å². The van der Waals surface area contributed by atoms with E-state index in [9.17, 15) is 0 Å². The number of aryl methyl sites for hydroxylation is 2. The summed E-state index contributed by atoms with van der Waals surface area (Å²) in [6.07, 6.45) is 2.32. The standard InChI is InChI=1S/C20H20N2OS/c1-12(2)23-16-8-6-15(7-9-16)17-11-22-19-14(4)13(3)5-10-18(19)24-20(22)21-17/h5-12H,1-4H3. The van der Waals surface area contributed by atoms with Gasteiger partial charge in [0.05, 0.1) is 22.0 Å². The van der Waals surface area contributed by atoms with Gasteiger partial charge in [0.2, 0.25) is 0 Å². The molecule has 0 unspecified atom stereocenters. The second-order valence-corrected chi connectivity index (χ2v) is 7.44. The highest BCUT2D eigenvalue weighted by atomic mass is 32.1. The molecule has 0 saturated heterocycles. The maximum atomic E-state index is 5.71. The van der Waals surface area contributed by atoms with Crippen LogP contribution < -0.4 is 4.74 Å². The van der Waals surface area contributed by atoms with Gasteiger partial charge < -0.3 is 4.74 Å². The van der Waals surface area contributed by atoms with Gasteiger partial charge in [-0.3, -0.25) is 4.40 Å². The normalized spacial score (nSPS) is 11.7. The van der Waals surface area contributed by atoms with Crippen molar-refractivity contribution in [1.82, 2.24) is 9.38 Å². The molecule has 0 N–H and O–H groups in total. The molecule has 0 aliphatic rings. The molecule has 0 radical (unpaired) electrons. The molecule has 0 atom stereocenters. The van der Waals surface area contributed by atoms with Gasteiger partial charge in [-0.05, 0) is 69.2 Å². The van der Waals surface area contributed by atoms with Crippen LogP contribution in [0.5, 0.6) is 5.75 Å². The lowest BCUT2D eigenvalue weighted by Crippen LogP contribution is -2.05. The molecule has 4 rings (SSSR count). The van der Waals surface area contributed by atoms with Crippen molar-refractivity contribution in [2.24, 2.45) is 0 Å². The fourth-order valence-corrected chi connectivity index (χ4v) is 4.03. The average molecular weight is 336 g/mol. The molecule has 2 aromatic carbocycles. The summed E-state index contributed by atoms with van der Waals surface area (Å²) in [6, 6.07) is 12.5. The molecule has 0 spiro atoms. The van der Waals surface area contributed by atoms with Gasteiger partial charge in [0.25, 0.3) is 0 Å². The number of hydrogen-bond donors (Lipinski definition) is 0.